The lowest BCUT2D eigenvalue weighted by atomic mass is 10.1. The number of halogens is 1. The zero-order valence-corrected chi connectivity index (χ0v) is 8.37. The van der Waals surface area contributed by atoms with Crippen molar-refractivity contribution in [3.05, 3.63) is 41.5 Å². The molecule has 0 aromatic heterocycles. The van der Waals surface area contributed by atoms with E-state index in [4.69, 9.17) is 17.2 Å². The molecular weight excluding hydrogens is 195 g/mol. The van der Waals surface area contributed by atoms with E-state index in [1.807, 2.05) is 0 Å². The second-order valence-corrected chi connectivity index (χ2v) is 3.04. The molecule has 5 heteroatoms. The van der Waals surface area contributed by atoms with E-state index >= 15 is 0 Å². The zero-order valence-electron chi connectivity index (χ0n) is 8.37. The largest absolute Gasteiger partial charge is 0.403 e. The average Bonchev–Trinajstić information content (AvgIpc) is 2.20. The second-order valence-electron chi connectivity index (χ2n) is 3.04. The van der Waals surface area contributed by atoms with Crippen LogP contribution >= 0.6 is 0 Å². The van der Waals surface area contributed by atoms with E-state index in [2.05, 4.69) is 4.99 Å². The molecule has 0 unspecified atom stereocenters. The van der Waals surface area contributed by atoms with Gasteiger partial charge in [-0.25, -0.2) is 9.38 Å². The maximum absolute atomic E-state index is 13.0. The third-order valence-electron chi connectivity index (χ3n) is 1.92. The van der Waals surface area contributed by atoms with Crippen LogP contribution in [0.5, 0.6) is 0 Å². The molecule has 1 rings (SSSR count). The van der Waals surface area contributed by atoms with Gasteiger partial charge in [0, 0.05) is 18.0 Å². The number of aryl methyl sites for hydroxylation is 1. The summed E-state index contributed by atoms with van der Waals surface area (Å²) in [6.45, 7) is 1.73. The Morgan fingerprint density at radius 1 is 1.47 bits per heavy atom. The van der Waals surface area contributed by atoms with E-state index in [9.17, 15) is 4.39 Å². The summed E-state index contributed by atoms with van der Waals surface area (Å²) in [6, 6.07) is 2.77. The molecule has 80 valence electrons. The molecular formula is C10H13FN4. The lowest BCUT2D eigenvalue weighted by Crippen LogP contribution is -2.15. The number of anilines is 1. The van der Waals surface area contributed by atoms with Gasteiger partial charge >= 0.3 is 0 Å². The fourth-order valence-electron chi connectivity index (χ4n) is 1.16. The molecule has 1 aromatic rings. The summed E-state index contributed by atoms with van der Waals surface area (Å²) in [6.07, 6.45) is 2.61. The number of amidine groups is 1. The summed E-state index contributed by atoms with van der Waals surface area (Å²) in [5.74, 6) is -0.209. The van der Waals surface area contributed by atoms with Crippen LogP contribution in [0.25, 0.3) is 0 Å². The summed E-state index contributed by atoms with van der Waals surface area (Å²) in [5, 5.41) is 0. The van der Waals surface area contributed by atoms with E-state index in [0.29, 0.717) is 11.1 Å². The predicted octanol–water partition coefficient (Wildman–Crippen LogP) is 0.852. The first-order chi connectivity index (χ1) is 7.06. The first-order valence-electron chi connectivity index (χ1n) is 4.32. The molecule has 0 aliphatic rings. The Labute approximate surface area is 87.3 Å². The van der Waals surface area contributed by atoms with E-state index in [0.717, 1.165) is 0 Å². The van der Waals surface area contributed by atoms with Crippen molar-refractivity contribution in [3.8, 4) is 0 Å². The second kappa shape index (κ2) is 4.45. The molecule has 0 saturated carbocycles. The highest BCUT2D eigenvalue weighted by atomic mass is 19.1. The van der Waals surface area contributed by atoms with Crippen molar-refractivity contribution in [3.63, 3.8) is 0 Å². The van der Waals surface area contributed by atoms with Gasteiger partial charge in [0.2, 0.25) is 0 Å². The highest BCUT2D eigenvalue weighted by molar-refractivity contribution is 5.99. The van der Waals surface area contributed by atoms with Gasteiger partial charge in [0.05, 0.1) is 5.69 Å². The molecule has 0 fully saturated rings. The monoisotopic (exact) mass is 208 g/mol. The van der Waals surface area contributed by atoms with Crippen LogP contribution in [0.2, 0.25) is 0 Å². The van der Waals surface area contributed by atoms with Crippen molar-refractivity contribution in [1.82, 2.24) is 0 Å². The molecule has 15 heavy (non-hydrogen) atoms. The standard InChI is InChI=1S/C10H13FN4/c1-6-4-8(11)9(13)5-7(6)10(14)15-3-2-12/h2-5H,12-13H2,1H3,(H2,14,15)/b3-2-. The molecule has 0 heterocycles. The minimum atomic E-state index is -0.460. The van der Waals surface area contributed by atoms with Crippen LogP contribution in [0.1, 0.15) is 11.1 Å². The summed E-state index contributed by atoms with van der Waals surface area (Å²) in [4.78, 5) is 3.86. The Bertz CT molecular complexity index is 424. The third kappa shape index (κ3) is 2.46. The molecule has 0 aliphatic carbocycles. The van der Waals surface area contributed by atoms with E-state index < -0.39 is 5.82 Å². The topological polar surface area (TPSA) is 90.4 Å². The van der Waals surface area contributed by atoms with E-state index in [-0.39, 0.29) is 11.5 Å². The number of hydrogen-bond acceptors (Lipinski definition) is 3. The Morgan fingerprint density at radius 2 is 2.13 bits per heavy atom. The number of rotatable bonds is 2. The molecule has 0 bridgehead atoms. The Morgan fingerprint density at radius 3 is 2.73 bits per heavy atom. The highest BCUT2D eigenvalue weighted by Crippen LogP contribution is 2.16. The molecule has 1 aromatic carbocycles. The lowest BCUT2D eigenvalue weighted by molar-refractivity contribution is 0.631. The van der Waals surface area contributed by atoms with Gasteiger partial charge in [-0.15, -0.1) is 0 Å². The maximum atomic E-state index is 13.0. The number of aliphatic imine (C=N–C) groups is 1. The summed E-state index contributed by atoms with van der Waals surface area (Å²) in [5.41, 5.74) is 17.5. The molecule has 0 radical (unpaired) electrons. The molecule has 4 nitrogen and oxygen atoms in total. The van der Waals surface area contributed by atoms with Gasteiger partial charge in [-0.3, -0.25) is 0 Å². The third-order valence-corrected chi connectivity index (χ3v) is 1.92. The van der Waals surface area contributed by atoms with Crippen molar-refractivity contribution in [2.45, 2.75) is 6.92 Å². The number of nitrogens with zero attached hydrogens (tertiary/aromatic N) is 1. The fraction of sp³-hybridized carbons (Fsp3) is 0.100. The van der Waals surface area contributed by atoms with Crippen LogP contribution in [0.15, 0.2) is 29.5 Å². The first kappa shape index (κ1) is 11.0. The first-order valence-corrected chi connectivity index (χ1v) is 4.32. The minimum absolute atomic E-state index is 0.0467. The van der Waals surface area contributed by atoms with Crippen LogP contribution in [0.4, 0.5) is 10.1 Å². The Hall–Kier alpha value is -2.04. The van der Waals surface area contributed by atoms with Gasteiger partial charge in [-0.05, 0) is 24.6 Å². The lowest BCUT2D eigenvalue weighted by Gasteiger charge is -2.06. The summed E-state index contributed by atoms with van der Waals surface area (Å²) < 4.78 is 13.0. The zero-order chi connectivity index (χ0) is 11.4. The Balaban J connectivity index is 3.20. The molecule has 0 atom stereocenters. The highest BCUT2D eigenvalue weighted by Gasteiger charge is 2.07. The fourth-order valence-corrected chi connectivity index (χ4v) is 1.16. The van der Waals surface area contributed by atoms with Gasteiger partial charge in [-0.1, -0.05) is 0 Å². The Kier molecular flexibility index (Phi) is 3.28. The van der Waals surface area contributed by atoms with Crippen LogP contribution in [-0.4, -0.2) is 5.84 Å². The van der Waals surface area contributed by atoms with Crippen molar-refractivity contribution < 1.29 is 4.39 Å². The van der Waals surface area contributed by atoms with Gasteiger partial charge in [0.1, 0.15) is 11.7 Å². The average molecular weight is 208 g/mol. The van der Waals surface area contributed by atoms with Crippen LogP contribution in [0, 0.1) is 12.7 Å². The normalized spacial score (nSPS) is 12.3. The van der Waals surface area contributed by atoms with Crippen LogP contribution < -0.4 is 17.2 Å². The maximum Gasteiger partial charge on any atom is 0.146 e. The van der Waals surface area contributed by atoms with E-state index in [1.54, 1.807) is 6.92 Å². The number of nitrogens with two attached hydrogens (primary N) is 3. The SMILES string of the molecule is Cc1cc(F)c(N)cc1C(N)=N/C=C\N. The molecule has 0 aliphatic heterocycles. The minimum Gasteiger partial charge on any atom is -0.403 e. The molecule has 0 saturated heterocycles. The van der Waals surface area contributed by atoms with Crippen molar-refractivity contribution in [2.24, 2.45) is 16.5 Å². The van der Waals surface area contributed by atoms with Crippen molar-refractivity contribution in [2.75, 3.05) is 5.73 Å². The smallest absolute Gasteiger partial charge is 0.146 e. The number of benzene rings is 1. The van der Waals surface area contributed by atoms with Crippen molar-refractivity contribution in [1.29, 1.82) is 0 Å². The van der Waals surface area contributed by atoms with Gasteiger partial charge in [0.15, 0.2) is 0 Å². The van der Waals surface area contributed by atoms with Gasteiger partial charge in [-0.2, -0.15) is 0 Å². The molecule has 6 N–H and O–H groups in total. The van der Waals surface area contributed by atoms with E-state index in [1.165, 1.54) is 24.5 Å². The van der Waals surface area contributed by atoms with Crippen LogP contribution in [-0.2, 0) is 0 Å². The van der Waals surface area contributed by atoms with Crippen LogP contribution in [0.3, 0.4) is 0 Å². The summed E-state index contributed by atoms with van der Waals surface area (Å²) >= 11 is 0. The van der Waals surface area contributed by atoms with Gasteiger partial charge < -0.3 is 17.2 Å². The van der Waals surface area contributed by atoms with Crippen molar-refractivity contribution >= 4 is 11.5 Å². The number of hydrogen-bond donors (Lipinski definition) is 3. The number of nitrogen functional groups attached to an aromatic ring is 1. The van der Waals surface area contributed by atoms with Gasteiger partial charge in [0.25, 0.3) is 0 Å². The molecule has 0 amide bonds. The summed E-state index contributed by atoms with van der Waals surface area (Å²) in [7, 11) is 0. The predicted molar refractivity (Wildman–Crippen MR) is 59.6 cm³/mol. The quantitative estimate of drug-likeness (QED) is 0.382. The molecule has 0 spiro atoms.